The molecule has 0 aliphatic carbocycles. The van der Waals surface area contributed by atoms with Gasteiger partial charge in [0.15, 0.2) is 5.13 Å². The number of piperazine rings is 1. The van der Waals surface area contributed by atoms with Crippen molar-refractivity contribution < 1.29 is 0 Å². The highest BCUT2D eigenvalue weighted by molar-refractivity contribution is 7.14. The molecule has 0 radical (unpaired) electrons. The van der Waals surface area contributed by atoms with Crippen LogP contribution in [0.3, 0.4) is 0 Å². The molecule has 0 aromatic carbocycles. The molecule has 0 spiro atoms. The lowest BCUT2D eigenvalue weighted by Crippen LogP contribution is -2.43. The SMILES string of the molecule is c1nc(-c2csc(N3CCNCC3)n2)cs1. The average molecular weight is 252 g/mol. The fourth-order valence-electron chi connectivity index (χ4n) is 1.72. The topological polar surface area (TPSA) is 41.1 Å². The number of hydrogen-bond donors (Lipinski definition) is 1. The van der Waals surface area contributed by atoms with E-state index >= 15 is 0 Å². The van der Waals surface area contributed by atoms with Gasteiger partial charge in [0.1, 0.15) is 11.4 Å². The van der Waals surface area contributed by atoms with E-state index in [4.69, 9.17) is 0 Å². The zero-order valence-corrected chi connectivity index (χ0v) is 10.4. The van der Waals surface area contributed by atoms with E-state index < -0.39 is 0 Å². The lowest BCUT2D eigenvalue weighted by atomic mass is 10.4. The quantitative estimate of drug-likeness (QED) is 0.883. The van der Waals surface area contributed by atoms with Crippen LogP contribution in [0.15, 0.2) is 16.3 Å². The summed E-state index contributed by atoms with van der Waals surface area (Å²) in [5, 5.41) is 8.59. The Bertz CT molecular complexity index is 445. The zero-order valence-electron chi connectivity index (χ0n) is 8.72. The molecule has 1 saturated heterocycles. The molecule has 6 heteroatoms. The van der Waals surface area contributed by atoms with Crippen LogP contribution in [0.5, 0.6) is 0 Å². The first kappa shape index (κ1) is 10.2. The Kier molecular flexibility index (Phi) is 2.86. The summed E-state index contributed by atoms with van der Waals surface area (Å²) in [5.74, 6) is 0. The predicted octanol–water partition coefficient (Wildman–Crippen LogP) is 1.68. The van der Waals surface area contributed by atoms with Crippen molar-refractivity contribution in [1.82, 2.24) is 15.3 Å². The number of aromatic nitrogens is 2. The fraction of sp³-hybridized carbons (Fsp3) is 0.400. The van der Waals surface area contributed by atoms with Gasteiger partial charge >= 0.3 is 0 Å². The molecule has 1 aliphatic heterocycles. The molecular formula is C10H12N4S2. The van der Waals surface area contributed by atoms with E-state index in [0.717, 1.165) is 42.7 Å². The lowest BCUT2D eigenvalue weighted by molar-refractivity contribution is 0.588. The molecule has 3 rings (SSSR count). The number of nitrogens with zero attached hydrogens (tertiary/aromatic N) is 3. The van der Waals surface area contributed by atoms with E-state index in [2.05, 4.69) is 25.6 Å². The molecule has 0 amide bonds. The smallest absolute Gasteiger partial charge is 0.186 e. The Labute approximate surface area is 102 Å². The summed E-state index contributed by atoms with van der Waals surface area (Å²) in [6.07, 6.45) is 0. The van der Waals surface area contributed by atoms with Crippen LogP contribution in [-0.2, 0) is 0 Å². The molecule has 4 nitrogen and oxygen atoms in total. The Balaban J connectivity index is 1.82. The number of hydrogen-bond acceptors (Lipinski definition) is 6. The monoisotopic (exact) mass is 252 g/mol. The number of thiazole rings is 2. The van der Waals surface area contributed by atoms with Gasteiger partial charge in [0.2, 0.25) is 0 Å². The van der Waals surface area contributed by atoms with Crippen LogP contribution in [-0.4, -0.2) is 36.1 Å². The summed E-state index contributed by atoms with van der Waals surface area (Å²) in [5.41, 5.74) is 3.83. The maximum Gasteiger partial charge on any atom is 0.186 e. The molecule has 2 aromatic rings. The normalized spacial score (nSPS) is 16.6. The summed E-state index contributed by atoms with van der Waals surface area (Å²) < 4.78 is 0. The van der Waals surface area contributed by atoms with Gasteiger partial charge in [0.25, 0.3) is 0 Å². The van der Waals surface area contributed by atoms with Gasteiger partial charge in [0.05, 0.1) is 5.51 Å². The molecule has 0 saturated carbocycles. The van der Waals surface area contributed by atoms with Crippen molar-refractivity contribution in [3.63, 3.8) is 0 Å². The molecule has 3 heterocycles. The van der Waals surface area contributed by atoms with E-state index in [0.29, 0.717) is 0 Å². The highest BCUT2D eigenvalue weighted by Gasteiger charge is 2.14. The molecule has 0 atom stereocenters. The van der Waals surface area contributed by atoms with E-state index in [9.17, 15) is 0 Å². The summed E-state index contributed by atoms with van der Waals surface area (Å²) in [6, 6.07) is 0. The Morgan fingerprint density at radius 2 is 2.06 bits per heavy atom. The first-order chi connectivity index (χ1) is 7.93. The van der Waals surface area contributed by atoms with Crippen LogP contribution in [0.4, 0.5) is 5.13 Å². The Morgan fingerprint density at radius 3 is 2.81 bits per heavy atom. The second kappa shape index (κ2) is 4.48. The first-order valence-corrected chi connectivity index (χ1v) is 7.05. The van der Waals surface area contributed by atoms with Gasteiger partial charge in [-0.3, -0.25) is 0 Å². The standard InChI is InChI=1S/C10H12N4S2/c1-3-14(4-2-11-1)10-13-9(6-16-10)8-5-15-7-12-8/h5-7,11H,1-4H2. The summed E-state index contributed by atoms with van der Waals surface area (Å²) in [4.78, 5) is 11.2. The Morgan fingerprint density at radius 1 is 1.19 bits per heavy atom. The molecule has 2 aromatic heterocycles. The second-order valence-corrected chi connectivity index (χ2v) is 5.18. The van der Waals surface area contributed by atoms with Crippen LogP contribution in [0.25, 0.3) is 11.4 Å². The maximum absolute atomic E-state index is 4.64. The second-order valence-electron chi connectivity index (χ2n) is 3.63. The van der Waals surface area contributed by atoms with Crippen molar-refractivity contribution in [2.75, 3.05) is 31.1 Å². The minimum absolute atomic E-state index is 0.989. The van der Waals surface area contributed by atoms with Gasteiger partial charge in [0, 0.05) is 36.9 Å². The third-order valence-electron chi connectivity index (χ3n) is 2.57. The molecular weight excluding hydrogens is 240 g/mol. The minimum atomic E-state index is 0.989. The molecule has 1 aliphatic rings. The van der Waals surface area contributed by atoms with Crippen molar-refractivity contribution in [2.24, 2.45) is 0 Å². The van der Waals surface area contributed by atoms with Crippen LogP contribution < -0.4 is 10.2 Å². The van der Waals surface area contributed by atoms with Crippen molar-refractivity contribution >= 4 is 27.8 Å². The van der Waals surface area contributed by atoms with Crippen molar-refractivity contribution in [3.05, 3.63) is 16.3 Å². The summed E-state index contributed by atoms with van der Waals surface area (Å²) in [6.45, 7) is 4.19. The lowest BCUT2D eigenvalue weighted by Gasteiger charge is -2.26. The van der Waals surface area contributed by atoms with Crippen LogP contribution in [0, 0.1) is 0 Å². The number of anilines is 1. The van der Waals surface area contributed by atoms with Crippen LogP contribution in [0.1, 0.15) is 0 Å². The van der Waals surface area contributed by atoms with Gasteiger partial charge in [-0.1, -0.05) is 0 Å². The van der Waals surface area contributed by atoms with E-state index in [1.54, 1.807) is 22.7 Å². The van der Waals surface area contributed by atoms with Crippen LogP contribution in [0.2, 0.25) is 0 Å². The van der Waals surface area contributed by atoms with Gasteiger partial charge < -0.3 is 10.2 Å². The highest BCUT2D eigenvalue weighted by atomic mass is 32.1. The molecule has 0 bridgehead atoms. The van der Waals surface area contributed by atoms with Gasteiger partial charge in [-0.2, -0.15) is 0 Å². The molecule has 0 unspecified atom stereocenters. The molecule has 84 valence electrons. The molecule has 1 fully saturated rings. The van der Waals surface area contributed by atoms with Crippen molar-refractivity contribution in [1.29, 1.82) is 0 Å². The third-order valence-corrected chi connectivity index (χ3v) is 4.06. The van der Waals surface area contributed by atoms with Crippen molar-refractivity contribution in [3.8, 4) is 11.4 Å². The van der Waals surface area contributed by atoms with E-state index in [1.807, 2.05) is 10.9 Å². The largest absolute Gasteiger partial charge is 0.346 e. The maximum atomic E-state index is 4.64. The molecule has 16 heavy (non-hydrogen) atoms. The van der Waals surface area contributed by atoms with E-state index in [1.165, 1.54) is 0 Å². The number of nitrogens with one attached hydrogen (secondary N) is 1. The Hall–Kier alpha value is -0.980. The van der Waals surface area contributed by atoms with Crippen molar-refractivity contribution in [2.45, 2.75) is 0 Å². The van der Waals surface area contributed by atoms with E-state index in [-0.39, 0.29) is 0 Å². The summed E-state index contributed by atoms with van der Waals surface area (Å²) in [7, 11) is 0. The first-order valence-electron chi connectivity index (χ1n) is 5.23. The highest BCUT2D eigenvalue weighted by Crippen LogP contribution is 2.27. The van der Waals surface area contributed by atoms with Crippen LogP contribution >= 0.6 is 22.7 Å². The zero-order chi connectivity index (χ0) is 10.8. The minimum Gasteiger partial charge on any atom is -0.346 e. The predicted molar refractivity (Wildman–Crippen MR) is 68.3 cm³/mol. The average Bonchev–Trinajstić information content (AvgIpc) is 3.01. The summed E-state index contributed by atoms with van der Waals surface area (Å²) >= 11 is 3.32. The molecule has 1 N–H and O–H groups in total. The van der Waals surface area contributed by atoms with Gasteiger partial charge in [-0.15, -0.1) is 22.7 Å². The third kappa shape index (κ3) is 1.95. The van der Waals surface area contributed by atoms with Gasteiger partial charge in [-0.25, -0.2) is 9.97 Å². The number of rotatable bonds is 2. The van der Waals surface area contributed by atoms with Gasteiger partial charge in [-0.05, 0) is 0 Å². The fourth-order valence-corrected chi connectivity index (χ4v) is 3.14.